The first-order valence-corrected chi connectivity index (χ1v) is 11.6. The summed E-state index contributed by atoms with van der Waals surface area (Å²) in [5.41, 5.74) is 4.50. The van der Waals surface area contributed by atoms with Crippen LogP contribution in [0.5, 0.6) is 0 Å². The summed E-state index contributed by atoms with van der Waals surface area (Å²) < 4.78 is 0. The van der Waals surface area contributed by atoms with Crippen LogP contribution in [-0.2, 0) is 22.4 Å². The summed E-state index contributed by atoms with van der Waals surface area (Å²) >= 11 is 0. The van der Waals surface area contributed by atoms with Crippen LogP contribution in [0, 0.1) is 24.7 Å². The van der Waals surface area contributed by atoms with Crippen molar-refractivity contribution in [2.45, 2.75) is 105 Å². The maximum atomic E-state index is 11.3. The number of unbranched alkanes of at least 4 members (excludes halogenated alkanes) is 4. The molecule has 0 bridgehead atoms. The van der Waals surface area contributed by atoms with Crippen LogP contribution in [0.4, 0.5) is 0 Å². The zero-order valence-corrected chi connectivity index (χ0v) is 19.4. The summed E-state index contributed by atoms with van der Waals surface area (Å²) in [4.78, 5) is 22.5. The van der Waals surface area contributed by atoms with E-state index < -0.39 is 22.8 Å². The molecule has 1 aliphatic carbocycles. The van der Waals surface area contributed by atoms with E-state index in [-0.39, 0.29) is 0 Å². The van der Waals surface area contributed by atoms with Crippen molar-refractivity contribution in [3.63, 3.8) is 0 Å². The summed E-state index contributed by atoms with van der Waals surface area (Å²) in [5, 5.41) is 18.5. The molecule has 0 atom stereocenters. The molecule has 1 aromatic rings. The second-order valence-corrected chi connectivity index (χ2v) is 10.1. The Kier molecular flexibility index (Phi) is 8.52. The van der Waals surface area contributed by atoms with Crippen LogP contribution in [0.15, 0.2) is 12.1 Å². The molecule has 0 saturated heterocycles. The summed E-state index contributed by atoms with van der Waals surface area (Å²) in [6, 6.07) is 4.65. The number of hydrogen-bond acceptors (Lipinski definition) is 2. The van der Waals surface area contributed by atoms with Gasteiger partial charge in [0.25, 0.3) is 0 Å². The first-order chi connectivity index (χ1) is 14.1. The minimum Gasteiger partial charge on any atom is -0.481 e. The van der Waals surface area contributed by atoms with E-state index in [2.05, 4.69) is 26.0 Å². The molecule has 2 rings (SSSR count). The fourth-order valence-corrected chi connectivity index (χ4v) is 4.33. The predicted octanol–water partition coefficient (Wildman–Crippen LogP) is 6.48. The zero-order chi connectivity index (χ0) is 22.4. The van der Waals surface area contributed by atoms with Gasteiger partial charge in [0.15, 0.2) is 0 Å². The second kappa shape index (κ2) is 10.5. The van der Waals surface area contributed by atoms with Gasteiger partial charge in [0.2, 0.25) is 0 Å². The lowest BCUT2D eigenvalue weighted by Gasteiger charge is -2.18. The Bertz CT molecular complexity index is 744. The molecule has 0 amide bonds. The minimum atomic E-state index is -0.708. The molecule has 2 N–H and O–H groups in total. The highest BCUT2D eigenvalue weighted by molar-refractivity contribution is 5.77. The number of rotatable bonds is 14. The van der Waals surface area contributed by atoms with Crippen molar-refractivity contribution in [3.05, 3.63) is 34.4 Å². The predicted molar refractivity (Wildman–Crippen MR) is 121 cm³/mol. The topological polar surface area (TPSA) is 74.6 Å². The van der Waals surface area contributed by atoms with Gasteiger partial charge in [-0.3, -0.25) is 9.59 Å². The molecular formula is C26H40O4. The Balaban J connectivity index is 1.74. The van der Waals surface area contributed by atoms with Gasteiger partial charge in [-0.15, -0.1) is 0 Å². The third-order valence-electron chi connectivity index (χ3n) is 7.03. The van der Waals surface area contributed by atoms with Crippen molar-refractivity contribution < 1.29 is 19.8 Å². The number of aryl methyl sites for hydroxylation is 4. The van der Waals surface area contributed by atoms with E-state index in [1.54, 1.807) is 13.8 Å². The molecule has 0 aromatic heterocycles. The number of carboxylic acids is 2. The first-order valence-electron chi connectivity index (χ1n) is 11.6. The summed E-state index contributed by atoms with van der Waals surface area (Å²) in [6.07, 6.45) is 11.7. The van der Waals surface area contributed by atoms with Crippen LogP contribution in [0.3, 0.4) is 0 Å². The van der Waals surface area contributed by atoms with E-state index in [1.807, 2.05) is 0 Å². The van der Waals surface area contributed by atoms with E-state index in [0.29, 0.717) is 0 Å². The van der Waals surface area contributed by atoms with Crippen molar-refractivity contribution >= 4 is 11.9 Å². The van der Waals surface area contributed by atoms with E-state index in [9.17, 15) is 19.8 Å². The number of hydrogen-bond donors (Lipinski definition) is 2. The second-order valence-electron chi connectivity index (χ2n) is 10.1. The fourth-order valence-electron chi connectivity index (χ4n) is 4.33. The molecule has 0 radical (unpaired) electrons. The Morgan fingerprint density at radius 1 is 0.867 bits per heavy atom. The summed E-state index contributed by atoms with van der Waals surface area (Å²) in [6.45, 7) is 7.97. The van der Waals surface area contributed by atoms with Crippen LogP contribution in [-0.4, -0.2) is 22.2 Å². The lowest BCUT2D eigenvalue weighted by atomic mass is 9.87. The Morgan fingerprint density at radius 3 is 1.90 bits per heavy atom. The molecule has 1 aliphatic rings. The maximum absolute atomic E-state index is 11.3. The molecule has 0 spiro atoms. The summed E-state index contributed by atoms with van der Waals surface area (Å²) in [7, 11) is 0. The number of carbonyl (C=O) groups is 2. The molecule has 1 aromatic carbocycles. The molecular weight excluding hydrogens is 376 g/mol. The van der Waals surface area contributed by atoms with Crippen molar-refractivity contribution in [3.8, 4) is 0 Å². The van der Waals surface area contributed by atoms with E-state index in [0.717, 1.165) is 77.0 Å². The molecule has 168 valence electrons. The lowest BCUT2D eigenvalue weighted by molar-refractivity contribution is -0.147. The quantitative estimate of drug-likeness (QED) is 0.340. The molecule has 1 fully saturated rings. The summed E-state index contributed by atoms with van der Waals surface area (Å²) in [5.74, 6) is -1.32. The Morgan fingerprint density at radius 2 is 1.40 bits per heavy atom. The third-order valence-corrected chi connectivity index (χ3v) is 7.03. The zero-order valence-electron chi connectivity index (χ0n) is 19.4. The minimum absolute atomic E-state index is 0.396. The van der Waals surface area contributed by atoms with Crippen LogP contribution >= 0.6 is 0 Å². The van der Waals surface area contributed by atoms with Crippen LogP contribution in [0.2, 0.25) is 0 Å². The van der Waals surface area contributed by atoms with Crippen LogP contribution < -0.4 is 0 Å². The van der Waals surface area contributed by atoms with Crippen molar-refractivity contribution in [2.75, 3.05) is 0 Å². The van der Waals surface area contributed by atoms with Gasteiger partial charge in [-0.05, 0) is 101 Å². The van der Waals surface area contributed by atoms with E-state index >= 15 is 0 Å². The maximum Gasteiger partial charge on any atom is 0.309 e. The van der Waals surface area contributed by atoms with Gasteiger partial charge in [0.1, 0.15) is 0 Å². The normalized spacial score (nSPS) is 15.2. The Labute approximate surface area is 182 Å². The number of carboxylic acid groups (broad SMARTS) is 2. The smallest absolute Gasteiger partial charge is 0.309 e. The molecule has 30 heavy (non-hydrogen) atoms. The van der Waals surface area contributed by atoms with Gasteiger partial charge < -0.3 is 10.2 Å². The molecule has 0 heterocycles. The third kappa shape index (κ3) is 6.85. The van der Waals surface area contributed by atoms with Crippen molar-refractivity contribution in [1.29, 1.82) is 0 Å². The SMILES string of the molecule is Cc1cc(C)c(CCCCC2(C(=O)O)CC2)cc1CCCCCCC(C)(C)C(=O)O. The first kappa shape index (κ1) is 24.4. The molecule has 4 nitrogen and oxygen atoms in total. The molecule has 0 aliphatic heterocycles. The highest BCUT2D eigenvalue weighted by Gasteiger charge is 2.49. The Hall–Kier alpha value is -1.84. The average molecular weight is 417 g/mol. The van der Waals surface area contributed by atoms with Crippen molar-refractivity contribution in [2.24, 2.45) is 10.8 Å². The van der Waals surface area contributed by atoms with Gasteiger partial charge in [-0.2, -0.15) is 0 Å². The van der Waals surface area contributed by atoms with E-state index in [4.69, 9.17) is 0 Å². The van der Waals surface area contributed by atoms with Gasteiger partial charge in [-0.25, -0.2) is 0 Å². The van der Waals surface area contributed by atoms with Gasteiger partial charge in [-0.1, -0.05) is 37.8 Å². The van der Waals surface area contributed by atoms with Crippen LogP contribution in [0.25, 0.3) is 0 Å². The van der Waals surface area contributed by atoms with Gasteiger partial charge in [0, 0.05) is 0 Å². The molecule has 1 saturated carbocycles. The van der Waals surface area contributed by atoms with Crippen LogP contribution in [0.1, 0.15) is 100 Å². The largest absolute Gasteiger partial charge is 0.481 e. The van der Waals surface area contributed by atoms with Gasteiger partial charge in [0.05, 0.1) is 10.8 Å². The van der Waals surface area contributed by atoms with Gasteiger partial charge >= 0.3 is 11.9 Å². The highest BCUT2D eigenvalue weighted by atomic mass is 16.4. The van der Waals surface area contributed by atoms with E-state index in [1.165, 1.54) is 22.3 Å². The standard InChI is InChI=1S/C26H40O4/c1-19-17-20(2)22(12-8-10-14-26(15-16-26)24(29)30)18-21(19)11-7-5-6-9-13-25(3,4)23(27)28/h17-18H,5-16H2,1-4H3,(H,27,28)(H,29,30). The number of benzene rings is 1. The molecule has 4 heteroatoms. The average Bonchev–Trinajstić information content (AvgIpc) is 3.45. The number of aliphatic carboxylic acids is 2. The highest BCUT2D eigenvalue weighted by Crippen LogP contribution is 2.50. The molecule has 0 unspecified atom stereocenters. The monoisotopic (exact) mass is 416 g/mol. The van der Waals surface area contributed by atoms with Crippen molar-refractivity contribution in [1.82, 2.24) is 0 Å². The lowest BCUT2D eigenvalue weighted by Crippen LogP contribution is -2.23. The fraction of sp³-hybridized carbons (Fsp3) is 0.692.